The second-order valence-corrected chi connectivity index (χ2v) is 7.21. The first-order valence-corrected chi connectivity index (χ1v) is 8.44. The van der Waals surface area contributed by atoms with Gasteiger partial charge in [0.25, 0.3) is 0 Å². The Bertz CT molecular complexity index is 409. The molecular weight excluding hydrogens is 267 g/mol. The molecular formula is C13H21O5P. The number of hydrogen-bond acceptors (Lipinski definition) is 4. The maximum Gasteiger partial charge on any atom is 0.335 e. The Morgan fingerprint density at radius 1 is 1.21 bits per heavy atom. The van der Waals surface area contributed by atoms with Gasteiger partial charge in [0, 0.05) is 0 Å². The Labute approximate surface area is 113 Å². The zero-order chi connectivity index (χ0) is 14.0. The number of fused-ring (bicyclic) bond motifs is 2. The van der Waals surface area contributed by atoms with Gasteiger partial charge in [-0.2, -0.15) is 0 Å². The van der Waals surface area contributed by atoms with Crippen molar-refractivity contribution in [1.82, 2.24) is 0 Å². The van der Waals surface area contributed by atoms with Gasteiger partial charge in [-0.1, -0.05) is 12.2 Å². The highest BCUT2D eigenvalue weighted by molar-refractivity contribution is 7.54. The van der Waals surface area contributed by atoms with Crippen LogP contribution in [0.3, 0.4) is 0 Å². The second-order valence-electron chi connectivity index (χ2n) is 5.02. The van der Waals surface area contributed by atoms with Crippen molar-refractivity contribution in [2.45, 2.75) is 32.3 Å². The van der Waals surface area contributed by atoms with Gasteiger partial charge >= 0.3 is 13.6 Å². The van der Waals surface area contributed by atoms with E-state index < -0.39 is 25.1 Å². The van der Waals surface area contributed by atoms with E-state index in [0.717, 1.165) is 12.8 Å². The molecule has 0 aliphatic heterocycles. The lowest BCUT2D eigenvalue weighted by atomic mass is 9.69. The number of carboxylic acids is 1. The fourth-order valence-electron chi connectivity index (χ4n) is 3.30. The molecule has 19 heavy (non-hydrogen) atoms. The zero-order valence-electron chi connectivity index (χ0n) is 11.3. The minimum Gasteiger partial charge on any atom is -0.481 e. The van der Waals surface area contributed by atoms with Crippen LogP contribution in [0.4, 0.5) is 0 Å². The van der Waals surface area contributed by atoms with Crippen LogP contribution in [0.15, 0.2) is 12.2 Å². The van der Waals surface area contributed by atoms with Crippen molar-refractivity contribution in [2.75, 3.05) is 13.2 Å². The van der Waals surface area contributed by atoms with Crippen LogP contribution in [-0.4, -0.2) is 29.9 Å². The van der Waals surface area contributed by atoms with E-state index in [1.165, 1.54) is 0 Å². The lowest BCUT2D eigenvalue weighted by Gasteiger charge is -2.44. The summed E-state index contributed by atoms with van der Waals surface area (Å²) in [5.41, 5.74) is -0.548. The predicted molar refractivity (Wildman–Crippen MR) is 71.1 cm³/mol. The normalized spacial score (nSPS) is 33.6. The Morgan fingerprint density at radius 2 is 1.74 bits per heavy atom. The van der Waals surface area contributed by atoms with Crippen LogP contribution in [0.1, 0.15) is 26.7 Å². The van der Waals surface area contributed by atoms with E-state index in [0.29, 0.717) is 0 Å². The molecule has 0 saturated heterocycles. The molecule has 0 aromatic rings. The van der Waals surface area contributed by atoms with Crippen molar-refractivity contribution in [2.24, 2.45) is 17.8 Å². The molecule has 1 saturated carbocycles. The van der Waals surface area contributed by atoms with Crippen LogP contribution in [0.25, 0.3) is 0 Å². The molecule has 0 aromatic heterocycles. The molecule has 3 aliphatic carbocycles. The van der Waals surface area contributed by atoms with Gasteiger partial charge in [-0.15, -0.1) is 0 Å². The Kier molecular flexibility index (Phi) is 4.49. The number of rotatable bonds is 6. The average Bonchev–Trinajstić information content (AvgIpc) is 2.39. The number of hydrogen-bond donors (Lipinski definition) is 1. The van der Waals surface area contributed by atoms with Crippen LogP contribution in [0.2, 0.25) is 0 Å². The lowest BCUT2D eigenvalue weighted by molar-refractivity contribution is -0.145. The third kappa shape index (κ3) is 2.64. The average molecular weight is 288 g/mol. The Balaban J connectivity index is 2.36. The van der Waals surface area contributed by atoms with Gasteiger partial charge < -0.3 is 14.2 Å². The van der Waals surface area contributed by atoms with Crippen molar-refractivity contribution in [3.8, 4) is 0 Å². The maximum atomic E-state index is 12.9. The largest absolute Gasteiger partial charge is 0.481 e. The molecule has 0 spiro atoms. The summed E-state index contributed by atoms with van der Waals surface area (Å²) in [6, 6.07) is 0. The number of carboxylic acid groups (broad SMARTS) is 1. The second kappa shape index (κ2) is 5.78. The molecule has 3 rings (SSSR count). The molecule has 0 aromatic carbocycles. The lowest BCUT2D eigenvalue weighted by Crippen LogP contribution is -2.45. The number of aliphatic carboxylic acids is 1. The van der Waals surface area contributed by atoms with Crippen LogP contribution in [0.5, 0.6) is 0 Å². The summed E-state index contributed by atoms with van der Waals surface area (Å²) in [6.07, 6.45) is 5.64. The zero-order valence-corrected chi connectivity index (χ0v) is 12.2. The van der Waals surface area contributed by atoms with Crippen molar-refractivity contribution in [3.05, 3.63) is 12.2 Å². The SMILES string of the molecule is CCOP(=O)(OCC)[C@@H]1[C@@H](C(=O)O)[C@H]2C=C[C@@H]1CC2. The molecule has 3 aliphatic rings. The van der Waals surface area contributed by atoms with Crippen LogP contribution < -0.4 is 0 Å². The molecule has 0 radical (unpaired) electrons. The highest BCUT2D eigenvalue weighted by Gasteiger charge is 2.54. The fourth-order valence-corrected chi connectivity index (χ4v) is 5.89. The minimum atomic E-state index is -3.38. The van der Waals surface area contributed by atoms with E-state index in [1.807, 2.05) is 12.2 Å². The summed E-state index contributed by atoms with van der Waals surface area (Å²) in [5.74, 6) is -1.63. The molecule has 0 unspecified atom stereocenters. The predicted octanol–water partition coefficient (Wildman–Crippen LogP) is 2.92. The van der Waals surface area contributed by atoms with Gasteiger partial charge in [-0.3, -0.25) is 9.36 Å². The third-order valence-corrected chi connectivity index (χ3v) is 6.65. The van der Waals surface area contributed by atoms with Gasteiger partial charge in [-0.05, 0) is 38.5 Å². The van der Waals surface area contributed by atoms with Crippen molar-refractivity contribution >= 4 is 13.6 Å². The number of carbonyl (C=O) groups is 1. The van der Waals surface area contributed by atoms with E-state index in [1.54, 1.807) is 13.8 Å². The highest BCUT2D eigenvalue weighted by Crippen LogP contribution is 2.63. The molecule has 4 atom stereocenters. The van der Waals surface area contributed by atoms with E-state index in [9.17, 15) is 14.5 Å². The maximum absolute atomic E-state index is 12.9. The Morgan fingerprint density at radius 3 is 2.16 bits per heavy atom. The summed E-state index contributed by atoms with van der Waals surface area (Å²) in [7, 11) is -3.38. The van der Waals surface area contributed by atoms with Crippen molar-refractivity contribution in [3.63, 3.8) is 0 Å². The van der Waals surface area contributed by atoms with E-state index >= 15 is 0 Å². The summed E-state index contributed by atoms with van der Waals surface area (Å²) >= 11 is 0. The van der Waals surface area contributed by atoms with Crippen LogP contribution >= 0.6 is 7.60 Å². The molecule has 108 valence electrons. The summed E-state index contributed by atoms with van der Waals surface area (Å²) in [6.45, 7) is 4.03. The third-order valence-electron chi connectivity index (χ3n) is 3.98. The monoisotopic (exact) mass is 288 g/mol. The summed E-state index contributed by atoms with van der Waals surface area (Å²) in [5, 5.41) is 9.46. The van der Waals surface area contributed by atoms with E-state index in [4.69, 9.17) is 9.05 Å². The van der Waals surface area contributed by atoms with Gasteiger partial charge in [0.15, 0.2) is 0 Å². The first kappa shape index (κ1) is 14.8. The fraction of sp³-hybridized carbons (Fsp3) is 0.769. The first-order chi connectivity index (χ1) is 9.03. The van der Waals surface area contributed by atoms with Crippen molar-refractivity contribution in [1.29, 1.82) is 0 Å². The molecule has 5 nitrogen and oxygen atoms in total. The standard InChI is InChI=1S/C13H21O5P/c1-3-17-19(16,18-4-2)12-10-7-5-9(6-8-10)11(12)13(14)15/h5,7,9-12H,3-4,6,8H2,1-2H3,(H,14,15)/t9-,10+,11-,12-/m0/s1. The van der Waals surface area contributed by atoms with E-state index in [-0.39, 0.29) is 25.0 Å². The van der Waals surface area contributed by atoms with Crippen LogP contribution in [-0.2, 0) is 18.4 Å². The smallest absolute Gasteiger partial charge is 0.335 e. The minimum absolute atomic E-state index is 0.0185. The van der Waals surface area contributed by atoms with Crippen molar-refractivity contribution < 1.29 is 23.5 Å². The van der Waals surface area contributed by atoms with Crippen LogP contribution in [0, 0.1) is 17.8 Å². The molecule has 0 amide bonds. The molecule has 1 N–H and O–H groups in total. The van der Waals surface area contributed by atoms with E-state index in [2.05, 4.69) is 0 Å². The molecule has 1 fully saturated rings. The quantitative estimate of drug-likeness (QED) is 0.601. The summed E-state index contributed by atoms with van der Waals surface area (Å²) < 4.78 is 23.7. The molecule has 2 bridgehead atoms. The Hall–Kier alpha value is -0.640. The highest BCUT2D eigenvalue weighted by atomic mass is 31.2. The van der Waals surface area contributed by atoms with Gasteiger partial charge in [0.1, 0.15) is 0 Å². The topological polar surface area (TPSA) is 72.8 Å². The van der Waals surface area contributed by atoms with Gasteiger partial charge in [0.2, 0.25) is 0 Å². The van der Waals surface area contributed by atoms with Gasteiger partial charge in [0.05, 0.1) is 24.8 Å². The molecule has 6 heteroatoms. The van der Waals surface area contributed by atoms with Gasteiger partial charge in [-0.25, -0.2) is 0 Å². The molecule has 0 heterocycles. The summed E-state index contributed by atoms with van der Waals surface area (Å²) in [4.78, 5) is 11.5. The number of allylic oxidation sites excluding steroid dienone is 2. The first-order valence-electron chi connectivity index (χ1n) is 6.83.